The lowest BCUT2D eigenvalue weighted by molar-refractivity contribution is 0.0510. The minimum absolute atomic E-state index is 0.0781. The average molecular weight is 295 g/mol. The molecule has 1 aliphatic rings. The summed E-state index contributed by atoms with van der Waals surface area (Å²) in [5.74, 6) is 0.0627. The van der Waals surface area contributed by atoms with Gasteiger partial charge in [0.2, 0.25) is 0 Å². The van der Waals surface area contributed by atoms with Gasteiger partial charge >= 0.3 is 0 Å². The summed E-state index contributed by atoms with van der Waals surface area (Å²) in [4.78, 5) is 12.4. The molecule has 1 aromatic rings. The number of rotatable bonds is 5. The number of nitrogens with one attached hydrogen (secondary N) is 1. The van der Waals surface area contributed by atoms with E-state index in [9.17, 15) is 9.18 Å². The van der Waals surface area contributed by atoms with E-state index in [1.54, 1.807) is 0 Å². The fourth-order valence-corrected chi connectivity index (χ4v) is 2.78. The molecule has 1 fully saturated rings. The van der Waals surface area contributed by atoms with Crippen LogP contribution >= 0.6 is 0 Å². The molecule has 1 atom stereocenters. The summed E-state index contributed by atoms with van der Waals surface area (Å²) in [6.07, 6.45) is 2.73. The van der Waals surface area contributed by atoms with Gasteiger partial charge in [0, 0.05) is 19.3 Å². The van der Waals surface area contributed by atoms with E-state index >= 15 is 0 Å². The van der Waals surface area contributed by atoms with Crippen molar-refractivity contribution in [2.75, 3.05) is 20.3 Å². The molecule has 1 saturated heterocycles. The van der Waals surface area contributed by atoms with Crippen LogP contribution in [0.3, 0.4) is 0 Å². The summed E-state index contributed by atoms with van der Waals surface area (Å²) in [5, 5.41) is 3.01. The molecule has 0 unspecified atom stereocenters. The Morgan fingerprint density at radius 3 is 2.81 bits per heavy atom. The highest BCUT2D eigenvalue weighted by Gasteiger charge is 2.25. The lowest BCUT2D eigenvalue weighted by atomic mass is 9.90. The van der Waals surface area contributed by atoms with E-state index in [2.05, 4.69) is 5.32 Å². The van der Waals surface area contributed by atoms with Gasteiger partial charge in [-0.25, -0.2) is 4.39 Å². The summed E-state index contributed by atoms with van der Waals surface area (Å²) in [5.41, 5.74) is 0.239. The van der Waals surface area contributed by atoms with Gasteiger partial charge in [-0.05, 0) is 43.4 Å². The van der Waals surface area contributed by atoms with Crippen LogP contribution in [0, 0.1) is 11.7 Å². The molecule has 4 nitrogen and oxygen atoms in total. The Labute approximate surface area is 124 Å². The van der Waals surface area contributed by atoms with Gasteiger partial charge in [0.25, 0.3) is 5.91 Å². The molecular formula is C16H22FNO3. The lowest BCUT2D eigenvalue weighted by Crippen LogP contribution is -2.42. The number of carbonyl (C=O) groups is 1. The van der Waals surface area contributed by atoms with E-state index in [1.807, 2.05) is 6.92 Å². The quantitative estimate of drug-likeness (QED) is 0.908. The van der Waals surface area contributed by atoms with Crippen molar-refractivity contribution >= 4 is 5.91 Å². The molecule has 0 spiro atoms. The molecule has 0 saturated carbocycles. The molecule has 0 bridgehead atoms. The Bertz CT molecular complexity index is 486. The summed E-state index contributed by atoms with van der Waals surface area (Å²) in [6.45, 7) is 3.52. The van der Waals surface area contributed by atoms with Crippen LogP contribution in [-0.4, -0.2) is 32.3 Å². The van der Waals surface area contributed by atoms with Crippen molar-refractivity contribution in [1.82, 2.24) is 5.32 Å². The second kappa shape index (κ2) is 7.41. The van der Waals surface area contributed by atoms with Crippen LogP contribution in [0.2, 0.25) is 0 Å². The van der Waals surface area contributed by atoms with Crippen molar-refractivity contribution in [3.8, 4) is 5.75 Å². The predicted molar refractivity (Wildman–Crippen MR) is 78.0 cm³/mol. The first-order valence-corrected chi connectivity index (χ1v) is 7.37. The molecule has 0 aromatic heterocycles. The second-order valence-electron chi connectivity index (χ2n) is 5.28. The summed E-state index contributed by atoms with van der Waals surface area (Å²) in [7, 11) is 1.47. The van der Waals surface area contributed by atoms with Crippen LogP contribution in [0.4, 0.5) is 4.39 Å². The average Bonchev–Trinajstić information content (AvgIpc) is 2.53. The highest BCUT2D eigenvalue weighted by molar-refractivity contribution is 5.97. The number of hydrogen-bond donors (Lipinski definition) is 1. The first kappa shape index (κ1) is 15.8. The monoisotopic (exact) mass is 295 g/mol. The number of methoxy groups -OCH3 is 1. The van der Waals surface area contributed by atoms with Crippen LogP contribution in [0.15, 0.2) is 18.2 Å². The van der Waals surface area contributed by atoms with Crippen molar-refractivity contribution in [3.05, 3.63) is 29.6 Å². The fourth-order valence-electron chi connectivity index (χ4n) is 2.78. The summed E-state index contributed by atoms with van der Waals surface area (Å²) < 4.78 is 23.9. The number of amides is 1. The van der Waals surface area contributed by atoms with Crippen molar-refractivity contribution in [2.24, 2.45) is 5.92 Å². The van der Waals surface area contributed by atoms with Crippen LogP contribution in [-0.2, 0) is 4.74 Å². The van der Waals surface area contributed by atoms with Gasteiger partial charge in [0.05, 0.1) is 12.7 Å². The zero-order valence-corrected chi connectivity index (χ0v) is 12.5. The van der Waals surface area contributed by atoms with Gasteiger partial charge in [-0.2, -0.15) is 0 Å². The van der Waals surface area contributed by atoms with Gasteiger partial charge in [0.15, 0.2) is 0 Å². The van der Waals surface area contributed by atoms with E-state index in [0.717, 1.165) is 32.5 Å². The summed E-state index contributed by atoms with van der Waals surface area (Å²) >= 11 is 0. The molecule has 1 amide bonds. The highest BCUT2D eigenvalue weighted by Crippen LogP contribution is 2.23. The molecule has 21 heavy (non-hydrogen) atoms. The van der Waals surface area contributed by atoms with Crippen molar-refractivity contribution in [3.63, 3.8) is 0 Å². The van der Waals surface area contributed by atoms with Gasteiger partial charge in [-0.3, -0.25) is 4.79 Å². The molecule has 2 rings (SSSR count). The first-order chi connectivity index (χ1) is 10.2. The smallest absolute Gasteiger partial charge is 0.255 e. The number of carbonyl (C=O) groups excluding carboxylic acids is 1. The Balaban J connectivity index is 2.10. The zero-order chi connectivity index (χ0) is 15.2. The number of halogens is 1. The van der Waals surface area contributed by atoms with E-state index < -0.39 is 5.82 Å². The number of benzene rings is 1. The van der Waals surface area contributed by atoms with Gasteiger partial charge < -0.3 is 14.8 Å². The van der Waals surface area contributed by atoms with Crippen molar-refractivity contribution in [1.29, 1.82) is 0 Å². The van der Waals surface area contributed by atoms with E-state index in [1.165, 1.54) is 25.3 Å². The maximum Gasteiger partial charge on any atom is 0.255 e. The predicted octanol–water partition coefficient (Wildman–Crippen LogP) is 2.77. The molecule has 0 aliphatic carbocycles. The third kappa shape index (κ3) is 3.94. The SMILES string of the molecule is CC[C@H](NC(=O)c1cc(F)ccc1OC)C1CCOCC1. The molecule has 5 heteroatoms. The van der Waals surface area contributed by atoms with Crippen LogP contribution in [0.1, 0.15) is 36.5 Å². The van der Waals surface area contributed by atoms with E-state index in [0.29, 0.717) is 11.7 Å². The standard InChI is InChI=1S/C16H22FNO3/c1-3-14(11-6-8-21-9-7-11)18-16(19)13-10-12(17)4-5-15(13)20-2/h4-5,10-11,14H,3,6-9H2,1-2H3,(H,18,19)/t14-/m0/s1. The minimum atomic E-state index is -0.444. The highest BCUT2D eigenvalue weighted by atomic mass is 19.1. The maximum atomic E-state index is 13.4. The third-order valence-electron chi connectivity index (χ3n) is 4.00. The topological polar surface area (TPSA) is 47.6 Å². The third-order valence-corrected chi connectivity index (χ3v) is 4.00. The summed E-state index contributed by atoms with van der Waals surface area (Å²) in [6, 6.07) is 4.05. The van der Waals surface area contributed by atoms with E-state index in [-0.39, 0.29) is 17.5 Å². The van der Waals surface area contributed by atoms with Crippen LogP contribution < -0.4 is 10.1 Å². The largest absolute Gasteiger partial charge is 0.496 e. The molecule has 0 radical (unpaired) electrons. The Morgan fingerprint density at radius 1 is 1.48 bits per heavy atom. The Morgan fingerprint density at radius 2 is 2.19 bits per heavy atom. The second-order valence-corrected chi connectivity index (χ2v) is 5.28. The van der Waals surface area contributed by atoms with Gasteiger partial charge in [-0.15, -0.1) is 0 Å². The Hall–Kier alpha value is -1.62. The molecule has 1 aliphatic heterocycles. The maximum absolute atomic E-state index is 13.4. The van der Waals surface area contributed by atoms with Crippen LogP contribution in [0.25, 0.3) is 0 Å². The van der Waals surface area contributed by atoms with Gasteiger partial charge in [0.1, 0.15) is 11.6 Å². The van der Waals surface area contributed by atoms with Crippen molar-refractivity contribution in [2.45, 2.75) is 32.2 Å². The molecule has 1 heterocycles. The van der Waals surface area contributed by atoms with E-state index in [4.69, 9.17) is 9.47 Å². The van der Waals surface area contributed by atoms with Crippen molar-refractivity contribution < 1.29 is 18.7 Å². The molecular weight excluding hydrogens is 273 g/mol. The number of hydrogen-bond acceptors (Lipinski definition) is 3. The number of ether oxygens (including phenoxy) is 2. The normalized spacial score (nSPS) is 17.3. The minimum Gasteiger partial charge on any atom is -0.496 e. The molecule has 1 N–H and O–H groups in total. The Kier molecular flexibility index (Phi) is 5.56. The first-order valence-electron chi connectivity index (χ1n) is 7.37. The molecule has 116 valence electrons. The van der Waals surface area contributed by atoms with Crippen LogP contribution in [0.5, 0.6) is 5.75 Å². The zero-order valence-electron chi connectivity index (χ0n) is 12.5. The lowest BCUT2D eigenvalue weighted by Gasteiger charge is -2.30. The van der Waals surface area contributed by atoms with Gasteiger partial charge in [-0.1, -0.05) is 6.92 Å². The molecule has 1 aromatic carbocycles. The fraction of sp³-hybridized carbons (Fsp3) is 0.562.